The molecule has 2 aromatic carbocycles. The number of aromatic hydroxyl groups is 1. The van der Waals surface area contributed by atoms with Crippen LogP contribution in [0.2, 0.25) is 0 Å². The van der Waals surface area contributed by atoms with Crippen LogP contribution in [-0.4, -0.2) is 122 Å². The number of aliphatic hydroxyl groups excluding tert-OH is 6. The molecule has 2 heterocycles. The molecule has 0 bridgehead atoms. The fourth-order valence-electron chi connectivity index (χ4n) is 5.21. The molecule has 0 spiro atoms. The van der Waals surface area contributed by atoms with E-state index >= 15 is 0 Å². The second-order valence-electron chi connectivity index (χ2n) is 10.5. The molecule has 14 nitrogen and oxygen atoms in total. The van der Waals surface area contributed by atoms with Crippen molar-refractivity contribution in [3.8, 4) is 17.2 Å². The number of phenolic OH excluding ortho intramolecular Hbond substituents is 1. The Kier molecular flexibility index (Phi) is 8.28. The lowest BCUT2D eigenvalue weighted by Crippen LogP contribution is -2.61. The molecule has 5 rings (SSSR count). The van der Waals surface area contributed by atoms with Gasteiger partial charge >= 0.3 is 0 Å². The lowest BCUT2D eigenvalue weighted by molar-refractivity contribution is -0.318. The molecule has 0 saturated carbocycles. The number of carbonyl (C=O) groups excluding carboxylic acids is 2. The van der Waals surface area contributed by atoms with Crippen LogP contribution < -0.4 is 9.47 Å². The summed E-state index contributed by atoms with van der Waals surface area (Å²) in [6.07, 6.45) is -15.0. The highest BCUT2D eigenvalue weighted by atomic mass is 16.7. The van der Waals surface area contributed by atoms with Crippen molar-refractivity contribution in [3.63, 3.8) is 0 Å². The smallest absolute Gasteiger partial charge is 0.229 e. The van der Waals surface area contributed by atoms with E-state index in [0.717, 1.165) is 0 Å². The summed E-state index contributed by atoms with van der Waals surface area (Å²) >= 11 is 0. The van der Waals surface area contributed by atoms with Crippen LogP contribution in [-0.2, 0) is 14.2 Å². The number of phenols is 1. The van der Waals surface area contributed by atoms with Crippen LogP contribution >= 0.6 is 0 Å². The first-order valence-electron chi connectivity index (χ1n) is 13.2. The maximum Gasteiger partial charge on any atom is 0.229 e. The van der Waals surface area contributed by atoms with Crippen LogP contribution in [0, 0.1) is 6.92 Å². The van der Waals surface area contributed by atoms with Gasteiger partial charge in [-0.05, 0) is 37.6 Å². The molecule has 2 fully saturated rings. The van der Waals surface area contributed by atoms with Gasteiger partial charge in [-0.3, -0.25) is 9.59 Å². The van der Waals surface area contributed by atoms with Crippen molar-refractivity contribution in [1.82, 2.24) is 0 Å². The number of carbonyl (C=O) groups is 2. The van der Waals surface area contributed by atoms with Crippen molar-refractivity contribution in [2.75, 3.05) is 13.7 Å². The quantitative estimate of drug-likeness (QED) is 0.173. The molecule has 228 valence electrons. The highest BCUT2D eigenvalue weighted by molar-refractivity contribution is 6.29. The summed E-state index contributed by atoms with van der Waals surface area (Å²) in [7, 11) is 1.28. The van der Waals surface area contributed by atoms with E-state index in [4.69, 9.17) is 23.7 Å². The van der Waals surface area contributed by atoms with Crippen molar-refractivity contribution < 1.29 is 69.0 Å². The fourth-order valence-corrected chi connectivity index (χ4v) is 5.21. The topological polar surface area (TPSA) is 222 Å². The lowest BCUT2D eigenvalue weighted by atomic mass is 9.82. The number of aryl methyl sites for hydroxylation is 1. The summed E-state index contributed by atoms with van der Waals surface area (Å²) in [6, 6.07) is 5.15. The molecule has 3 aliphatic rings. The molecule has 0 radical (unpaired) electrons. The van der Waals surface area contributed by atoms with E-state index in [0.29, 0.717) is 5.56 Å². The zero-order valence-electron chi connectivity index (χ0n) is 22.8. The second kappa shape index (κ2) is 11.5. The summed E-state index contributed by atoms with van der Waals surface area (Å²) in [6.45, 7) is 2.55. The number of hydrogen-bond acceptors (Lipinski definition) is 14. The molecule has 42 heavy (non-hydrogen) atoms. The minimum Gasteiger partial charge on any atom is -0.508 e. The normalized spacial score (nSPS) is 34.5. The van der Waals surface area contributed by atoms with Crippen LogP contribution in [0.25, 0.3) is 0 Å². The van der Waals surface area contributed by atoms with E-state index < -0.39 is 79.6 Å². The Hall–Kier alpha value is -3.18. The van der Waals surface area contributed by atoms with E-state index in [-0.39, 0.29) is 39.5 Å². The largest absolute Gasteiger partial charge is 0.508 e. The lowest BCUT2D eigenvalue weighted by Gasteiger charge is -2.42. The molecule has 7 N–H and O–H groups in total. The molecule has 2 saturated heterocycles. The molecule has 2 aromatic rings. The second-order valence-corrected chi connectivity index (χ2v) is 10.5. The molecular formula is C28H32O14. The predicted molar refractivity (Wildman–Crippen MR) is 138 cm³/mol. The van der Waals surface area contributed by atoms with Gasteiger partial charge in [0.2, 0.25) is 6.29 Å². The number of hydrogen-bond donors (Lipinski definition) is 7. The number of ether oxygens (including phenoxy) is 5. The SMILES string of the molecule is COc1cc(O[C@@H]2O[C@H](CO[C@@H]3O[C@@H](C)[C@H](O)[C@@H](O)[C@H]3O)[C@@H](O)[C@H](O)[C@H]2O)cc2c1C(=O)c1cc(C)c(O)cc1C2=O. The van der Waals surface area contributed by atoms with Crippen molar-refractivity contribution >= 4 is 11.6 Å². The maximum absolute atomic E-state index is 13.4. The first-order valence-corrected chi connectivity index (χ1v) is 13.2. The Bertz CT molecular complexity index is 1380. The van der Waals surface area contributed by atoms with Crippen molar-refractivity contribution in [3.05, 3.63) is 52.1 Å². The van der Waals surface area contributed by atoms with Gasteiger partial charge in [-0.25, -0.2) is 0 Å². The van der Waals surface area contributed by atoms with Gasteiger partial charge < -0.3 is 59.4 Å². The molecule has 1 aliphatic carbocycles. The fraction of sp³-hybridized carbons (Fsp3) is 0.500. The Morgan fingerprint density at radius 1 is 0.762 bits per heavy atom. The number of aliphatic hydroxyl groups is 6. The Morgan fingerprint density at radius 3 is 2.10 bits per heavy atom. The third kappa shape index (κ3) is 5.15. The molecule has 2 aliphatic heterocycles. The van der Waals surface area contributed by atoms with Crippen LogP contribution in [0.15, 0.2) is 24.3 Å². The van der Waals surface area contributed by atoms with Crippen molar-refractivity contribution in [1.29, 1.82) is 0 Å². The van der Waals surface area contributed by atoms with Crippen LogP contribution in [0.5, 0.6) is 17.2 Å². The minimum absolute atomic E-state index is 0.0127. The highest BCUT2D eigenvalue weighted by Crippen LogP contribution is 2.39. The van der Waals surface area contributed by atoms with Gasteiger partial charge in [0.15, 0.2) is 17.9 Å². The van der Waals surface area contributed by atoms with E-state index in [1.807, 2.05) is 0 Å². The highest BCUT2D eigenvalue weighted by Gasteiger charge is 2.47. The zero-order valence-corrected chi connectivity index (χ0v) is 22.8. The third-order valence-corrected chi connectivity index (χ3v) is 7.75. The first-order chi connectivity index (χ1) is 19.8. The summed E-state index contributed by atoms with van der Waals surface area (Å²) in [5, 5.41) is 71.7. The molecular weight excluding hydrogens is 560 g/mol. The van der Waals surface area contributed by atoms with Crippen LogP contribution in [0.4, 0.5) is 0 Å². The van der Waals surface area contributed by atoms with E-state index in [9.17, 15) is 45.3 Å². The van der Waals surface area contributed by atoms with Gasteiger partial charge in [0.1, 0.15) is 60.0 Å². The van der Waals surface area contributed by atoms with Gasteiger partial charge in [0, 0.05) is 22.8 Å². The van der Waals surface area contributed by atoms with Crippen LogP contribution in [0.3, 0.4) is 0 Å². The van der Waals surface area contributed by atoms with Gasteiger partial charge in [-0.15, -0.1) is 0 Å². The average molecular weight is 593 g/mol. The molecule has 14 heteroatoms. The standard InChI is InChI=1S/C28H32O14/c1-9-4-12-13(7-15(9)29)20(31)14-5-11(6-16(38-3)18(14)21(12)32)41-28-26(37)24(35)22(33)17(42-28)8-39-27-25(36)23(34)19(30)10(2)40-27/h4-7,10,17,19,22-30,33-37H,8H2,1-3H3/t10-,17+,19-,22+,23+,24-,25+,26+,27+,28+/m0/s1. The number of ketones is 2. The summed E-state index contributed by atoms with van der Waals surface area (Å²) < 4.78 is 27.6. The van der Waals surface area contributed by atoms with Gasteiger partial charge in [0.25, 0.3) is 0 Å². The van der Waals surface area contributed by atoms with Crippen molar-refractivity contribution in [2.45, 2.75) is 75.3 Å². The number of rotatable bonds is 6. The van der Waals surface area contributed by atoms with Crippen LogP contribution in [0.1, 0.15) is 44.3 Å². The van der Waals surface area contributed by atoms with Crippen molar-refractivity contribution in [2.24, 2.45) is 0 Å². The van der Waals surface area contributed by atoms with Gasteiger partial charge in [-0.1, -0.05) is 0 Å². The summed E-state index contributed by atoms with van der Waals surface area (Å²) in [5.74, 6) is -1.35. The molecule has 0 unspecified atom stereocenters. The predicted octanol–water partition coefficient (Wildman–Crippen LogP) is -1.48. The summed E-state index contributed by atoms with van der Waals surface area (Å²) in [4.78, 5) is 26.7. The number of methoxy groups -OCH3 is 1. The van der Waals surface area contributed by atoms with E-state index in [1.54, 1.807) is 6.92 Å². The van der Waals surface area contributed by atoms with Gasteiger partial charge in [0.05, 0.1) is 25.4 Å². The monoisotopic (exact) mass is 592 g/mol. The Labute approximate surface area is 239 Å². The maximum atomic E-state index is 13.4. The number of fused-ring (bicyclic) bond motifs is 2. The van der Waals surface area contributed by atoms with E-state index in [1.165, 1.54) is 38.3 Å². The Morgan fingerprint density at radius 2 is 1.40 bits per heavy atom. The molecule has 0 aromatic heterocycles. The zero-order chi connectivity index (χ0) is 30.6. The first kappa shape index (κ1) is 30.3. The average Bonchev–Trinajstić information content (AvgIpc) is 2.97. The third-order valence-electron chi connectivity index (χ3n) is 7.75. The molecule has 0 amide bonds. The van der Waals surface area contributed by atoms with Gasteiger partial charge in [-0.2, -0.15) is 0 Å². The van der Waals surface area contributed by atoms with E-state index in [2.05, 4.69) is 0 Å². The Balaban J connectivity index is 1.37. The summed E-state index contributed by atoms with van der Waals surface area (Å²) in [5.41, 5.74) is 0.386. The number of benzene rings is 2. The minimum atomic E-state index is -1.78. The molecule has 10 atom stereocenters.